The van der Waals surface area contributed by atoms with Crippen LogP contribution >= 0.6 is 11.6 Å². The molecule has 0 atom stereocenters. The highest BCUT2D eigenvalue weighted by molar-refractivity contribution is 6.30. The minimum Gasteiger partial charge on any atom is -0.318 e. The number of benzene rings is 1. The Bertz CT molecular complexity index is 893. The minimum absolute atomic E-state index is 0.113. The predicted molar refractivity (Wildman–Crippen MR) is 101 cm³/mol. The van der Waals surface area contributed by atoms with Gasteiger partial charge in [-0.05, 0) is 56.2 Å². The number of hydrogen-bond donors (Lipinski definition) is 0. The van der Waals surface area contributed by atoms with E-state index in [1.807, 2.05) is 61.1 Å². The third-order valence-corrected chi connectivity index (χ3v) is 4.76. The van der Waals surface area contributed by atoms with Crippen LogP contribution in [0.2, 0.25) is 5.02 Å². The van der Waals surface area contributed by atoms with Crippen LogP contribution in [0.25, 0.3) is 5.69 Å². The molecule has 4 heteroatoms. The zero-order valence-corrected chi connectivity index (χ0v) is 15.5. The van der Waals surface area contributed by atoms with Gasteiger partial charge in [0, 0.05) is 39.8 Å². The molecule has 1 aromatic carbocycles. The summed E-state index contributed by atoms with van der Waals surface area (Å²) in [5.41, 5.74) is 5.03. The third kappa shape index (κ3) is 3.67. The van der Waals surface area contributed by atoms with Gasteiger partial charge in [-0.3, -0.25) is 4.79 Å². The van der Waals surface area contributed by atoms with Crippen molar-refractivity contribution in [2.75, 3.05) is 0 Å². The van der Waals surface area contributed by atoms with Gasteiger partial charge >= 0.3 is 0 Å². The molecule has 0 amide bonds. The van der Waals surface area contributed by atoms with Crippen molar-refractivity contribution in [1.29, 1.82) is 0 Å². The Morgan fingerprint density at radius 3 is 2.32 bits per heavy atom. The first-order valence-corrected chi connectivity index (χ1v) is 8.83. The Morgan fingerprint density at radius 1 is 1.08 bits per heavy atom. The van der Waals surface area contributed by atoms with E-state index in [2.05, 4.69) is 23.6 Å². The molecule has 0 N–H and O–H groups in total. The van der Waals surface area contributed by atoms with Crippen molar-refractivity contribution in [3.8, 4) is 5.69 Å². The summed E-state index contributed by atoms with van der Waals surface area (Å²) in [6.45, 7) is 6.46. The molecule has 0 bridgehead atoms. The smallest absolute Gasteiger partial charge is 0.229 e. The van der Waals surface area contributed by atoms with E-state index in [1.165, 1.54) is 5.56 Å². The van der Waals surface area contributed by atoms with Crippen molar-refractivity contribution < 1.29 is 9.36 Å². The zero-order chi connectivity index (χ0) is 18.0. The lowest BCUT2D eigenvalue weighted by Gasteiger charge is -2.09. The zero-order valence-electron chi connectivity index (χ0n) is 14.8. The van der Waals surface area contributed by atoms with Crippen LogP contribution in [-0.4, -0.2) is 10.4 Å². The summed E-state index contributed by atoms with van der Waals surface area (Å²) in [4.78, 5) is 12.8. The first-order valence-electron chi connectivity index (χ1n) is 8.45. The molecule has 0 spiro atoms. The molecule has 0 fully saturated rings. The number of aromatic nitrogens is 2. The molecule has 0 unspecified atom stereocenters. The highest BCUT2D eigenvalue weighted by Crippen LogP contribution is 2.22. The lowest BCUT2D eigenvalue weighted by Crippen LogP contribution is -2.37. The standard InChI is InChI=1S/C21H22ClN2O/c1-4-17-9-11-23(12-10-17)14-21(25)20-13-15(2)24(16(20)3)19-7-5-18(22)6-8-19/h5-13H,4,14H2,1-3H3/q+1. The van der Waals surface area contributed by atoms with Crippen LogP contribution in [0.1, 0.15) is 34.2 Å². The van der Waals surface area contributed by atoms with Crippen LogP contribution in [-0.2, 0) is 13.0 Å². The van der Waals surface area contributed by atoms with Crippen LogP contribution in [0.5, 0.6) is 0 Å². The van der Waals surface area contributed by atoms with E-state index in [9.17, 15) is 4.79 Å². The van der Waals surface area contributed by atoms with Crippen LogP contribution in [0.4, 0.5) is 0 Å². The number of rotatable bonds is 5. The number of Topliss-reactive ketones (excluding diaryl/α,β-unsaturated/α-hetero) is 1. The monoisotopic (exact) mass is 353 g/mol. The number of pyridine rings is 1. The second-order valence-electron chi connectivity index (χ2n) is 6.25. The Morgan fingerprint density at radius 2 is 1.72 bits per heavy atom. The van der Waals surface area contributed by atoms with E-state index in [-0.39, 0.29) is 5.78 Å². The summed E-state index contributed by atoms with van der Waals surface area (Å²) in [5, 5.41) is 0.703. The predicted octanol–water partition coefficient (Wildman–Crippen LogP) is 4.48. The minimum atomic E-state index is 0.113. The van der Waals surface area contributed by atoms with E-state index in [1.54, 1.807) is 0 Å². The maximum absolute atomic E-state index is 12.8. The van der Waals surface area contributed by atoms with Gasteiger partial charge in [0.25, 0.3) is 0 Å². The summed E-state index contributed by atoms with van der Waals surface area (Å²) in [5.74, 6) is 0.113. The van der Waals surface area contributed by atoms with Gasteiger partial charge < -0.3 is 4.57 Å². The van der Waals surface area contributed by atoms with E-state index in [0.29, 0.717) is 11.6 Å². The van der Waals surface area contributed by atoms with Crippen LogP contribution in [0.15, 0.2) is 54.9 Å². The molecule has 0 aliphatic rings. The highest BCUT2D eigenvalue weighted by atomic mass is 35.5. The molecule has 0 radical (unpaired) electrons. The average molecular weight is 354 g/mol. The quantitative estimate of drug-likeness (QED) is 0.490. The maximum atomic E-state index is 12.8. The lowest BCUT2D eigenvalue weighted by molar-refractivity contribution is -0.683. The molecule has 0 saturated carbocycles. The first kappa shape index (κ1) is 17.4. The fourth-order valence-corrected chi connectivity index (χ4v) is 3.24. The van der Waals surface area contributed by atoms with Crippen LogP contribution in [0.3, 0.4) is 0 Å². The van der Waals surface area contributed by atoms with Gasteiger partial charge in [-0.25, -0.2) is 0 Å². The average Bonchev–Trinajstić information content (AvgIpc) is 2.91. The topological polar surface area (TPSA) is 25.9 Å². The van der Waals surface area contributed by atoms with Crippen molar-refractivity contribution in [3.05, 3.63) is 82.4 Å². The Hall–Kier alpha value is -2.39. The number of carbonyl (C=O) groups excluding carboxylic acids is 1. The highest BCUT2D eigenvalue weighted by Gasteiger charge is 2.19. The van der Waals surface area contributed by atoms with Crippen molar-refractivity contribution >= 4 is 17.4 Å². The molecular weight excluding hydrogens is 332 g/mol. The molecule has 0 saturated heterocycles. The number of ketones is 1. The van der Waals surface area contributed by atoms with Gasteiger partial charge in [0.15, 0.2) is 12.4 Å². The number of carbonyl (C=O) groups is 1. The number of halogens is 1. The van der Waals surface area contributed by atoms with Gasteiger partial charge in [-0.15, -0.1) is 0 Å². The Kier molecular flexibility index (Phi) is 5.05. The SMILES string of the molecule is CCc1cc[n+](CC(=O)c2cc(C)n(-c3ccc(Cl)cc3)c2C)cc1. The Labute approximate surface area is 153 Å². The van der Waals surface area contributed by atoms with Crippen molar-refractivity contribution in [2.24, 2.45) is 0 Å². The largest absolute Gasteiger partial charge is 0.318 e. The fourth-order valence-electron chi connectivity index (χ4n) is 3.11. The lowest BCUT2D eigenvalue weighted by atomic mass is 10.1. The van der Waals surface area contributed by atoms with E-state index < -0.39 is 0 Å². The molecule has 3 nitrogen and oxygen atoms in total. The molecular formula is C21H22ClN2O+. The summed E-state index contributed by atoms with van der Waals surface area (Å²) in [6, 6.07) is 13.7. The molecule has 3 rings (SSSR count). The molecule has 25 heavy (non-hydrogen) atoms. The molecule has 0 aliphatic heterocycles. The Balaban J connectivity index is 1.88. The van der Waals surface area contributed by atoms with Gasteiger partial charge in [0.2, 0.25) is 12.3 Å². The molecule has 128 valence electrons. The van der Waals surface area contributed by atoms with Crippen LogP contribution < -0.4 is 4.57 Å². The van der Waals surface area contributed by atoms with Gasteiger partial charge in [0.05, 0.1) is 0 Å². The van der Waals surface area contributed by atoms with E-state index >= 15 is 0 Å². The van der Waals surface area contributed by atoms with Gasteiger partial charge in [-0.2, -0.15) is 4.57 Å². The summed E-state index contributed by atoms with van der Waals surface area (Å²) in [6.07, 6.45) is 4.93. The number of hydrogen-bond acceptors (Lipinski definition) is 1. The second-order valence-corrected chi connectivity index (χ2v) is 6.69. The van der Waals surface area contributed by atoms with E-state index in [0.717, 1.165) is 29.1 Å². The fraction of sp³-hybridized carbons (Fsp3) is 0.238. The normalized spacial score (nSPS) is 10.9. The summed E-state index contributed by atoms with van der Waals surface area (Å²) in [7, 11) is 0. The van der Waals surface area contributed by atoms with Crippen LogP contribution in [0, 0.1) is 13.8 Å². The number of aryl methyl sites for hydroxylation is 2. The molecule has 2 heterocycles. The molecule has 2 aromatic heterocycles. The van der Waals surface area contributed by atoms with Crippen molar-refractivity contribution in [2.45, 2.75) is 33.7 Å². The molecule has 3 aromatic rings. The van der Waals surface area contributed by atoms with Gasteiger partial charge in [-0.1, -0.05) is 18.5 Å². The third-order valence-electron chi connectivity index (χ3n) is 4.51. The van der Waals surface area contributed by atoms with Gasteiger partial charge in [0.1, 0.15) is 0 Å². The second kappa shape index (κ2) is 7.24. The summed E-state index contributed by atoms with van der Waals surface area (Å²) < 4.78 is 4.02. The first-order chi connectivity index (χ1) is 12.0. The number of nitrogens with zero attached hydrogens (tertiary/aromatic N) is 2. The van der Waals surface area contributed by atoms with E-state index in [4.69, 9.17) is 11.6 Å². The van der Waals surface area contributed by atoms with Crippen molar-refractivity contribution in [1.82, 2.24) is 4.57 Å². The molecule has 0 aliphatic carbocycles. The van der Waals surface area contributed by atoms with Crippen molar-refractivity contribution in [3.63, 3.8) is 0 Å². The maximum Gasteiger partial charge on any atom is 0.229 e. The summed E-state index contributed by atoms with van der Waals surface area (Å²) >= 11 is 5.98.